The number of hydrogen-bond acceptors (Lipinski definition) is 3. The molecule has 1 aromatic heterocycles. The van der Waals surface area contributed by atoms with Crippen molar-refractivity contribution in [1.82, 2.24) is 9.97 Å². The third-order valence-corrected chi connectivity index (χ3v) is 3.32. The normalized spacial score (nSPS) is 15.1. The average molecular weight is 279 g/mol. The molecule has 3 rings (SSSR count). The van der Waals surface area contributed by atoms with Crippen LogP contribution in [0.2, 0.25) is 0 Å². The summed E-state index contributed by atoms with van der Waals surface area (Å²) in [6, 6.07) is 5.01. The predicted molar refractivity (Wildman–Crippen MR) is 69.3 cm³/mol. The molecule has 20 heavy (non-hydrogen) atoms. The average Bonchev–Trinajstić information content (AvgIpc) is 2.37. The molecule has 0 amide bonds. The van der Waals surface area contributed by atoms with Gasteiger partial charge in [-0.2, -0.15) is 13.2 Å². The Kier molecular flexibility index (Phi) is 3.08. The van der Waals surface area contributed by atoms with Gasteiger partial charge in [0.15, 0.2) is 0 Å². The van der Waals surface area contributed by atoms with E-state index in [1.165, 1.54) is 12.1 Å². The van der Waals surface area contributed by atoms with E-state index in [4.69, 9.17) is 0 Å². The Hall–Kier alpha value is -2.11. The second kappa shape index (κ2) is 4.77. The fourth-order valence-corrected chi connectivity index (χ4v) is 2.00. The molecule has 104 valence electrons. The standard InChI is InChI=1S/C14H12F3N3/c15-14(16,17)12-4-2-10(3-5-12)11-8-18-13(19-9-11)20-6-1-7-20/h2-5,8-9H,1,6-7H2. The highest BCUT2D eigenvalue weighted by Crippen LogP contribution is 2.30. The molecule has 3 nitrogen and oxygen atoms in total. The minimum Gasteiger partial charge on any atom is -0.341 e. The first-order valence-corrected chi connectivity index (χ1v) is 6.29. The predicted octanol–water partition coefficient (Wildman–Crippen LogP) is 3.37. The molecule has 6 heteroatoms. The molecule has 2 heterocycles. The molecule has 1 aromatic carbocycles. The van der Waals surface area contributed by atoms with Crippen LogP contribution in [0.3, 0.4) is 0 Å². The zero-order valence-corrected chi connectivity index (χ0v) is 10.6. The van der Waals surface area contributed by atoms with Gasteiger partial charge in [0.25, 0.3) is 0 Å². The lowest BCUT2D eigenvalue weighted by atomic mass is 10.1. The SMILES string of the molecule is FC(F)(F)c1ccc(-c2cnc(N3CCC3)nc2)cc1. The topological polar surface area (TPSA) is 29.0 Å². The molecule has 0 unspecified atom stereocenters. The zero-order valence-electron chi connectivity index (χ0n) is 10.6. The highest BCUT2D eigenvalue weighted by atomic mass is 19.4. The van der Waals surface area contributed by atoms with E-state index in [1.54, 1.807) is 12.4 Å². The van der Waals surface area contributed by atoms with Crippen molar-refractivity contribution in [2.24, 2.45) is 0 Å². The van der Waals surface area contributed by atoms with Gasteiger partial charge in [-0.25, -0.2) is 9.97 Å². The molecule has 1 fully saturated rings. The Morgan fingerprint density at radius 3 is 1.95 bits per heavy atom. The number of rotatable bonds is 2. The van der Waals surface area contributed by atoms with Crippen molar-refractivity contribution in [3.05, 3.63) is 42.2 Å². The fraction of sp³-hybridized carbons (Fsp3) is 0.286. The molecule has 2 aromatic rings. The first-order valence-electron chi connectivity index (χ1n) is 6.29. The zero-order chi connectivity index (χ0) is 14.2. The lowest BCUT2D eigenvalue weighted by molar-refractivity contribution is -0.137. The van der Waals surface area contributed by atoms with Crippen LogP contribution in [0.1, 0.15) is 12.0 Å². The lowest BCUT2D eigenvalue weighted by Crippen LogP contribution is -2.38. The van der Waals surface area contributed by atoms with E-state index in [0.717, 1.165) is 31.6 Å². The molecule has 0 saturated carbocycles. The van der Waals surface area contributed by atoms with E-state index in [1.807, 2.05) is 0 Å². The Morgan fingerprint density at radius 1 is 0.900 bits per heavy atom. The molecule has 1 saturated heterocycles. The van der Waals surface area contributed by atoms with Crippen molar-refractivity contribution >= 4 is 5.95 Å². The highest BCUT2D eigenvalue weighted by molar-refractivity contribution is 5.62. The number of halogens is 3. The summed E-state index contributed by atoms with van der Waals surface area (Å²) in [4.78, 5) is 10.5. The molecular formula is C14H12F3N3. The van der Waals surface area contributed by atoms with Crippen LogP contribution in [0.25, 0.3) is 11.1 Å². The minimum absolute atomic E-state index is 0.653. The van der Waals surface area contributed by atoms with Gasteiger partial charge < -0.3 is 4.90 Å². The second-order valence-corrected chi connectivity index (χ2v) is 4.69. The molecule has 0 bridgehead atoms. The van der Waals surface area contributed by atoms with E-state index in [9.17, 15) is 13.2 Å². The molecule has 0 atom stereocenters. The van der Waals surface area contributed by atoms with Gasteiger partial charge in [-0.15, -0.1) is 0 Å². The van der Waals surface area contributed by atoms with E-state index < -0.39 is 11.7 Å². The maximum absolute atomic E-state index is 12.5. The summed E-state index contributed by atoms with van der Waals surface area (Å²) in [6.45, 7) is 1.92. The quantitative estimate of drug-likeness (QED) is 0.844. The molecule has 0 radical (unpaired) electrons. The molecule has 1 aliphatic heterocycles. The monoisotopic (exact) mass is 279 g/mol. The largest absolute Gasteiger partial charge is 0.416 e. The van der Waals surface area contributed by atoms with Crippen LogP contribution < -0.4 is 4.90 Å². The van der Waals surface area contributed by atoms with Gasteiger partial charge in [0.2, 0.25) is 5.95 Å². The van der Waals surface area contributed by atoms with Crippen molar-refractivity contribution in [1.29, 1.82) is 0 Å². The van der Waals surface area contributed by atoms with E-state index in [-0.39, 0.29) is 0 Å². The van der Waals surface area contributed by atoms with E-state index in [0.29, 0.717) is 17.1 Å². The van der Waals surface area contributed by atoms with Crippen LogP contribution in [-0.2, 0) is 6.18 Å². The second-order valence-electron chi connectivity index (χ2n) is 4.69. The fourth-order valence-electron chi connectivity index (χ4n) is 2.00. The van der Waals surface area contributed by atoms with Crippen LogP contribution in [0.15, 0.2) is 36.7 Å². The van der Waals surface area contributed by atoms with Crippen molar-refractivity contribution in [3.8, 4) is 11.1 Å². The summed E-state index contributed by atoms with van der Waals surface area (Å²) in [5, 5.41) is 0. The number of anilines is 1. The molecular weight excluding hydrogens is 267 g/mol. The Labute approximate surface area is 114 Å². The van der Waals surface area contributed by atoms with Crippen molar-refractivity contribution in [2.45, 2.75) is 12.6 Å². The van der Waals surface area contributed by atoms with Crippen LogP contribution in [-0.4, -0.2) is 23.1 Å². The van der Waals surface area contributed by atoms with Crippen molar-refractivity contribution < 1.29 is 13.2 Å². The Bertz CT molecular complexity index is 587. The van der Waals surface area contributed by atoms with Crippen LogP contribution in [0.5, 0.6) is 0 Å². The lowest BCUT2D eigenvalue weighted by Gasteiger charge is -2.30. The summed E-state index contributed by atoms with van der Waals surface area (Å²) in [5.74, 6) is 0.673. The minimum atomic E-state index is -4.31. The maximum Gasteiger partial charge on any atom is 0.416 e. The van der Waals surface area contributed by atoms with E-state index in [2.05, 4.69) is 14.9 Å². The van der Waals surface area contributed by atoms with Crippen molar-refractivity contribution in [2.75, 3.05) is 18.0 Å². The highest BCUT2D eigenvalue weighted by Gasteiger charge is 2.30. The summed E-state index contributed by atoms with van der Waals surface area (Å²) in [6.07, 6.45) is 0.118. The maximum atomic E-state index is 12.5. The van der Waals surface area contributed by atoms with Crippen LogP contribution in [0, 0.1) is 0 Å². The summed E-state index contributed by atoms with van der Waals surface area (Å²) in [7, 11) is 0. The summed E-state index contributed by atoms with van der Waals surface area (Å²) < 4.78 is 37.4. The molecule has 0 spiro atoms. The number of hydrogen-bond donors (Lipinski definition) is 0. The summed E-state index contributed by atoms with van der Waals surface area (Å²) in [5.41, 5.74) is 0.732. The van der Waals surface area contributed by atoms with Gasteiger partial charge in [0, 0.05) is 31.0 Å². The van der Waals surface area contributed by atoms with Gasteiger partial charge in [0.05, 0.1) is 5.56 Å². The first-order chi connectivity index (χ1) is 9.54. The smallest absolute Gasteiger partial charge is 0.341 e. The molecule has 0 N–H and O–H groups in total. The molecule has 0 aliphatic carbocycles. The number of aromatic nitrogens is 2. The number of nitrogens with zero attached hydrogens (tertiary/aromatic N) is 3. The Morgan fingerprint density at radius 2 is 1.50 bits per heavy atom. The van der Waals surface area contributed by atoms with Gasteiger partial charge in [-0.3, -0.25) is 0 Å². The first kappa shape index (κ1) is 12.9. The van der Waals surface area contributed by atoms with Gasteiger partial charge in [0.1, 0.15) is 0 Å². The van der Waals surface area contributed by atoms with E-state index >= 15 is 0 Å². The number of alkyl halides is 3. The van der Waals surface area contributed by atoms with Gasteiger partial charge in [-0.1, -0.05) is 12.1 Å². The van der Waals surface area contributed by atoms with Gasteiger partial charge >= 0.3 is 6.18 Å². The van der Waals surface area contributed by atoms with Crippen LogP contribution in [0.4, 0.5) is 19.1 Å². The van der Waals surface area contributed by atoms with Crippen LogP contribution >= 0.6 is 0 Å². The Balaban J connectivity index is 1.81. The molecule has 1 aliphatic rings. The third-order valence-electron chi connectivity index (χ3n) is 3.32. The third kappa shape index (κ3) is 2.45. The summed E-state index contributed by atoms with van der Waals surface area (Å²) >= 11 is 0. The number of benzene rings is 1. The van der Waals surface area contributed by atoms with Crippen molar-refractivity contribution in [3.63, 3.8) is 0 Å². The van der Waals surface area contributed by atoms with Gasteiger partial charge in [-0.05, 0) is 24.1 Å².